The molecule has 1 amide bonds. The monoisotopic (exact) mass is 510 g/mol. The second-order valence-corrected chi connectivity index (χ2v) is 9.65. The number of anilines is 1. The SMILES string of the molecule is CCC(C)c1ccc(NC(=O)CSc2nnc(-c3ccccc3Cl)n2-c2ccc(Cl)cc2)cc1. The number of rotatable bonds is 8. The molecule has 3 aromatic carbocycles. The van der Waals surface area contributed by atoms with E-state index in [2.05, 4.69) is 41.5 Å². The molecule has 0 aliphatic heterocycles. The van der Waals surface area contributed by atoms with Crippen molar-refractivity contribution in [2.75, 3.05) is 11.1 Å². The van der Waals surface area contributed by atoms with Gasteiger partial charge in [0.1, 0.15) is 0 Å². The first-order chi connectivity index (χ1) is 16.5. The van der Waals surface area contributed by atoms with Crippen LogP contribution in [0.15, 0.2) is 78.0 Å². The molecule has 0 bridgehead atoms. The molecule has 34 heavy (non-hydrogen) atoms. The maximum absolute atomic E-state index is 12.7. The van der Waals surface area contributed by atoms with E-state index in [0.717, 1.165) is 23.4 Å². The Bertz CT molecular complexity index is 1270. The Hall–Kier alpha value is -2.80. The van der Waals surface area contributed by atoms with Crippen molar-refractivity contribution in [3.05, 3.63) is 88.4 Å². The van der Waals surface area contributed by atoms with Gasteiger partial charge in [-0.05, 0) is 66.4 Å². The van der Waals surface area contributed by atoms with Crippen LogP contribution in [0.1, 0.15) is 31.7 Å². The van der Waals surface area contributed by atoms with Crippen molar-refractivity contribution in [1.82, 2.24) is 14.8 Å². The summed E-state index contributed by atoms with van der Waals surface area (Å²) < 4.78 is 1.89. The smallest absolute Gasteiger partial charge is 0.234 e. The third-order valence-corrected chi connectivity index (χ3v) is 7.05. The van der Waals surface area contributed by atoms with Crippen molar-refractivity contribution in [2.24, 2.45) is 0 Å². The summed E-state index contributed by atoms with van der Waals surface area (Å²) in [6.07, 6.45) is 1.08. The molecule has 0 radical (unpaired) electrons. The van der Waals surface area contributed by atoms with Crippen molar-refractivity contribution in [3.8, 4) is 17.1 Å². The summed E-state index contributed by atoms with van der Waals surface area (Å²) in [6.45, 7) is 4.36. The number of hydrogen-bond acceptors (Lipinski definition) is 4. The van der Waals surface area contributed by atoms with E-state index in [9.17, 15) is 4.79 Å². The largest absolute Gasteiger partial charge is 0.325 e. The van der Waals surface area contributed by atoms with Crippen molar-refractivity contribution in [2.45, 2.75) is 31.3 Å². The summed E-state index contributed by atoms with van der Waals surface area (Å²) in [5, 5.41) is 13.5. The number of nitrogens with one attached hydrogen (secondary N) is 1. The van der Waals surface area contributed by atoms with Crippen LogP contribution in [0.25, 0.3) is 17.1 Å². The zero-order valence-corrected chi connectivity index (χ0v) is 21.2. The van der Waals surface area contributed by atoms with Gasteiger partial charge in [-0.1, -0.05) is 73.1 Å². The highest BCUT2D eigenvalue weighted by atomic mass is 35.5. The van der Waals surface area contributed by atoms with Gasteiger partial charge in [-0.25, -0.2) is 0 Å². The molecule has 8 heteroatoms. The van der Waals surface area contributed by atoms with E-state index in [1.807, 2.05) is 53.1 Å². The van der Waals surface area contributed by atoms with Crippen LogP contribution < -0.4 is 5.32 Å². The zero-order valence-electron chi connectivity index (χ0n) is 18.8. The molecule has 1 heterocycles. The van der Waals surface area contributed by atoms with Crippen LogP contribution in [-0.4, -0.2) is 26.4 Å². The van der Waals surface area contributed by atoms with Gasteiger partial charge in [-0.2, -0.15) is 0 Å². The Morgan fingerprint density at radius 1 is 1.00 bits per heavy atom. The molecule has 1 N–H and O–H groups in total. The summed E-state index contributed by atoms with van der Waals surface area (Å²) in [6, 6.07) is 22.8. The van der Waals surface area contributed by atoms with Crippen LogP contribution in [0.4, 0.5) is 5.69 Å². The van der Waals surface area contributed by atoms with E-state index < -0.39 is 0 Å². The third kappa shape index (κ3) is 5.63. The number of carbonyl (C=O) groups is 1. The van der Waals surface area contributed by atoms with Crippen molar-refractivity contribution in [1.29, 1.82) is 0 Å². The highest BCUT2D eigenvalue weighted by Crippen LogP contribution is 2.32. The molecule has 1 atom stereocenters. The topological polar surface area (TPSA) is 59.8 Å². The van der Waals surface area contributed by atoms with Gasteiger partial charge >= 0.3 is 0 Å². The predicted molar refractivity (Wildman–Crippen MR) is 141 cm³/mol. The van der Waals surface area contributed by atoms with E-state index >= 15 is 0 Å². The molecular formula is C26H24Cl2N4OS. The number of amides is 1. The summed E-state index contributed by atoms with van der Waals surface area (Å²) in [5.74, 6) is 1.15. The van der Waals surface area contributed by atoms with Gasteiger partial charge in [0.2, 0.25) is 5.91 Å². The first kappa shape index (κ1) is 24.3. The van der Waals surface area contributed by atoms with Crippen LogP contribution in [0, 0.1) is 0 Å². The standard InChI is InChI=1S/C26H24Cl2N4OS/c1-3-17(2)18-8-12-20(13-9-18)29-24(33)16-34-26-31-30-25(22-6-4-5-7-23(22)28)32(26)21-14-10-19(27)11-15-21/h4-15,17H,3,16H2,1-2H3,(H,29,33). The van der Waals surface area contributed by atoms with Gasteiger partial charge in [-0.3, -0.25) is 9.36 Å². The lowest BCUT2D eigenvalue weighted by molar-refractivity contribution is -0.113. The average molecular weight is 511 g/mol. The maximum atomic E-state index is 12.7. The highest BCUT2D eigenvalue weighted by Gasteiger charge is 2.19. The molecule has 1 unspecified atom stereocenters. The maximum Gasteiger partial charge on any atom is 0.234 e. The van der Waals surface area contributed by atoms with Crippen LogP contribution in [0.2, 0.25) is 10.0 Å². The molecule has 1 aromatic heterocycles. The summed E-state index contributed by atoms with van der Waals surface area (Å²) in [4.78, 5) is 12.7. The molecule has 4 rings (SSSR count). The van der Waals surface area contributed by atoms with Gasteiger partial charge in [0.05, 0.1) is 10.8 Å². The zero-order chi connectivity index (χ0) is 24.1. The Morgan fingerprint density at radius 3 is 2.38 bits per heavy atom. The lowest BCUT2D eigenvalue weighted by Gasteiger charge is -2.12. The van der Waals surface area contributed by atoms with Crippen molar-refractivity contribution >= 4 is 46.6 Å². The van der Waals surface area contributed by atoms with E-state index in [0.29, 0.717) is 26.9 Å². The van der Waals surface area contributed by atoms with Crippen LogP contribution in [0.3, 0.4) is 0 Å². The normalized spacial score (nSPS) is 11.9. The van der Waals surface area contributed by atoms with Crippen molar-refractivity contribution in [3.63, 3.8) is 0 Å². The summed E-state index contributed by atoms with van der Waals surface area (Å²) in [5.41, 5.74) is 3.61. The molecular weight excluding hydrogens is 487 g/mol. The van der Waals surface area contributed by atoms with Gasteiger partial charge in [0, 0.05) is 22.0 Å². The molecule has 0 aliphatic carbocycles. The molecule has 174 valence electrons. The molecule has 0 saturated heterocycles. The number of benzene rings is 3. The number of carbonyl (C=O) groups excluding carboxylic acids is 1. The fourth-order valence-corrected chi connectivity index (χ4v) is 4.56. The molecule has 0 spiro atoms. The molecule has 4 aromatic rings. The molecule has 5 nitrogen and oxygen atoms in total. The van der Waals surface area contributed by atoms with Gasteiger partial charge < -0.3 is 5.32 Å². The average Bonchev–Trinajstić information content (AvgIpc) is 3.27. The fraction of sp³-hybridized carbons (Fsp3) is 0.192. The second kappa shape index (κ2) is 11.1. The van der Waals surface area contributed by atoms with Gasteiger partial charge in [0.15, 0.2) is 11.0 Å². The molecule has 0 fully saturated rings. The fourth-order valence-electron chi connectivity index (χ4n) is 3.46. The number of aromatic nitrogens is 3. The van der Waals surface area contributed by atoms with Crippen LogP contribution >= 0.6 is 35.0 Å². The van der Waals surface area contributed by atoms with Gasteiger partial charge in [0.25, 0.3) is 0 Å². The van der Waals surface area contributed by atoms with Crippen LogP contribution in [0.5, 0.6) is 0 Å². The quantitative estimate of drug-likeness (QED) is 0.249. The van der Waals surface area contributed by atoms with E-state index in [1.54, 1.807) is 12.1 Å². The van der Waals surface area contributed by atoms with Crippen LogP contribution in [-0.2, 0) is 4.79 Å². The Kier molecular flexibility index (Phi) is 7.93. The Balaban J connectivity index is 1.54. The lowest BCUT2D eigenvalue weighted by Crippen LogP contribution is -2.14. The minimum absolute atomic E-state index is 0.119. The minimum atomic E-state index is -0.119. The second-order valence-electron chi connectivity index (χ2n) is 7.87. The molecule has 0 saturated carbocycles. The Labute approximate surface area is 213 Å². The first-order valence-corrected chi connectivity index (χ1v) is 12.7. The first-order valence-electron chi connectivity index (χ1n) is 10.9. The summed E-state index contributed by atoms with van der Waals surface area (Å²) >= 11 is 13.8. The number of thioether (sulfide) groups is 1. The minimum Gasteiger partial charge on any atom is -0.325 e. The van der Waals surface area contributed by atoms with E-state index in [1.165, 1.54) is 17.3 Å². The lowest BCUT2D eigenvalue weighted by atomic mass is 9.99. The Morgan fingerprint density at radius 2 is 1.71 bits per heavy atom. The van der Waals surface area contributed by atoms with Gasteiger partial charge in [-0.15, -0.1) is 10.2 Å². The number of hydrogen-bond donors (Lipinski definition) is 1. The number of nitrogens with zero attached hydrogens (tertiary/aromatic N) is 3. The van der Waals surface area contributed by atoms with E-state index in [4.69, 9.17) is 23.2 Å². The predicted octanol–water partition coefficient (Wildman–Crippen LogP) is 7.49. The van der Waals surface area contributed by atoms with Crippen molar-refractivity contribution < 1.29 is 4.79 Å². The van der Waals surface area contributed by atoms with E-state index in [-0.39, 0.29) is 11.7 Å². The highest BCUT2D eigenvalue weighted by molar-refractivity contribution is 7.99. The third-order valence-electron chi connectivity index (χ3n) is 5.54. The molecule has 0 aliphatic rings. The summed E-state index contributed by atoms with van der Waals surface area (Å²) in [7, 11) is 0. The number of halogens is 2.